The summed E-state index contributed by atoms with van der Waals surface area (Å²) in [5.74, 6) is 3.67. The first-order valence-electron chi connectivity index (χ1n) is 7.53. The summed E-state index contributed by atoms with van der Waals surface area (Å²) in [6.45, 7) is 13.8. The standard InChI is InChI=1S/C17H30O/c1-11(2)15-13-7-8-17(6,18)10-12(13)9-14(15)16(3,4)5/h7-8,11-15,18H,9-10H2,1-6H3/t12?,13?,14?,15?,17-/m0/s1. The van der Waals surface area contributed by atoms with Gasteiger partial charge in [0, 0.05) is 0 Å². The van der Waals surface area contributed by atoms with Crippen molar-refractivity contribution < 1.29 is 5.11 Å². The highest BCUT2D eigenvalue weighted by molar-refractivity contribution is 5.14. The summed E-state index contributed by atoms with van der Waals surface area (Å²) in [5, 5.41) is 10.2. The van der Waals surface area contributed by atoms with Crippen molar-refractivity contribution in [3.8, 4) is 0 Å². The van der Waals surface area contributed by atoms with Gasteiger partial charge in [0.05, 0.1) is 5.60 Å². The highest BCUT2D eigenvalue weighted by atomic mass is 16.3. The minimum Gasteiger partial charge on any atom is -0.386 e. The molecule has 0 bridgehead atoms. The molecule has 0 saturated heterocycles. The van der Waals surface area contributed by atoms with Crippen molar-refractivity contribution in [2.24, 2.45) is 35.0 Å². The molecular formula is C17H30O. The third kappa shape index (κ3) is 2.52. The maximum absolute atomic E-state index is 10.2. The molecule has 0 amide bonds. The Morgan fingerprint density at radius 3 is 2.39 bits per heavy atom. The van der Waals surface area contributed by atoms with Crippen molar-refractivity contribution in [1.29, 1.82) is 0 Å². The first-order valence-corrected chi connectivity index (χ1v) is 7.53. The van der Waals surface area contributed by atoms with E-state index >= 15 is 0 Å². The third-order valence-corrected chi connectivity index (χ3v) is 5.25. The topological polar surface area (TPSA) is 20.2 Å². The van der Waals surface area contributed by atoms with Gasteiger partial charge in [0.15, 0.2) is 0 Å². The molecule has 1 nitrogen and oxygen atoms in total. The minimum atomic E-state index is -0.574. The van der Waals surface area contributed by atoms with Crippen molar-refractivity contribution in [1.82, 2.24) is 0 Å². The highest BCUT2D eigenvalue weighted by Gasteiger charge is 2.50. The van der Waals surface area contributed by atoms with Crippen LogP contribution in [0.1, 0.15) is 54.4 Å². The Kier molecular flexibility index (Phi) is 3.43. The fourth-order valence-electron chi connectivity index (χ4n) is 4.49. The predicted molar refractivity (Wildman–Crippen MR) is 77.3 cm³/mol. The van der Waals surface area contributed by atoms with Gasteiger partial charge in [-0.3, -0.25) is 0 Å². The summed E-state index contributed by atoms with van der Waals surface area (Å²) in [7, 11) is 0. The van der Waals surface area contributed by atoms with E-state index in [1.807, 2.05) is 6.92 Å². The fourth-order valence-corrected chi connectivity index (χ4v) is 4.49. The molecule has 2 aliphatic carbocycles. The average Bonchev–Trinajstić information content (AvgIpc) is 2.53. The lowest BCUT2D eigenvalue weighted by Gasteiger charge is -2.37. The van der Waals surface area contributed by atoms with Gasteiger partial charge in [-0.15, -0.1) is 0 Å². The van der Waals surface area contributed by atoms with E-state index < -0.39 is 5.60 Å². The van der Waals surface area contributed by atoms with Crippen molar-refractivity contribution in [2.75, 3.05) is 0 Å². The maximum Gasteiger partial charge on any atom is 0.0802 e. The van der Waals surface area contributed by atoms with Crippen LogP contribution < -0.4 is 0 Å². The summed E-state index contributed by atoms with van der Waals surface area (Å²) in [6, 6.07) is 0. The summed E-state index contributed by atoms with van der Waals surface area (Å²) in [6.07, 6.45) is 6.61. The van der Waals surface area contributed by atoms with Crippen LogP contribution in [0.4, 0.5) is 0 Å². The molecule has 18 heavy (non-hydrogen) atoms. The molecule has 0 heterocycles. The molecule has 0 aromatic heterocycles. The first-order chi connectivity index (χ1) is 8.12. The van der Waals surface area contributed by atoms with Crippen molar-refractivity contribution >= 4 is 0 Å². The van der Waals surface area contributed by atoms with Crippen molar-refractivity contribution in [3.63, 3.8) is 0 Å². The Morgan fingerprint density at radius 2 is 1.89 bits per heavy atom. The minimum absolute atomic E-state index is 0.381. The highest BCUT2D eigenvalue weighted by Crippen LogP contribution is 2.56. The molecule has 4 unspecified atom stereocenters. The average molecular weight is 250 g/mol. The Hall–Kier alpha value is -0.300. The van der Waals surface area contributed by atoms with Crippen LogP contribution in [0, 0.1) is 35.0 Å². The van der Waals surface area contributed by atoms with Gasteiger partial charge in [-0.05, 0) is 54.8 Å². The van der Waals surface area contributed by atoms with Crippen LogP contribution in [0.15, 0.2) is 12.2 Å². The second-order valence-corrected chi connectivity index (χ2v) is 8.29. The molecule has 1 fully saturated rings. The van der Waals surface area contributed by atoms with Gasteiger partial charge in [-0.1, -0.05) is 46.8 Å². The molecule has 5 atom stereocenters. The third-order valence-electron chi connectivity index (χ3n) is 5.25. The molecule has 2 aliphatic rings. The number of fused-ring (bicyclic) bond motifs is 1. The molecule has 0 radical (unpaired) electrons. The number of rotatable bonds is 1. The number of allylic oxidation sites excluding steroid dienone is 1. The van der Waals surface area contributed by atoms with E-state index in [0.29, 0.717) is 17.3 Å². The largest absolute Gasteiger partial charge is 0.386 e. The number of aliphatic hydroxyl groups is 1. The summed E-state index contributed by atoms with van der Waals surface area (Å²) in [4.78, 5) is 0. The van der Waals surface area contributed by atoms with E-state index in [-0.39, 0.29) is 0 Å². The van der Waals surface area contributed by atoms with Gasteiger partial charge < -0.3 is 5.11 Å². The normalized spacial score (nSPS) is 44.4. The zero-order valence-corrected chi connectivity index (χ0v) is 12.9. The summed E-state index contributed by atoms with van der Waals surface area (Å²) < 4.78 is 0. The summed E-state index contributed by atoms with van der Waals surface area (Å²) in [5.41, 5.74) is -0.193. The Labute approximate surface area is 113 Å². The molecule has 1 saturated carbocycles. The maximum atomic E-state index is 10.2. The molecule has 104 valence electrons. The zero-order valence-electron chi connectivity index (χ0n) is 12.9. The quantitative estimate of drug-likeness (QED) is 0.689. The van der Waals surface area contributed by atoms with Crippen LogP contribution >= 0.6 is 0 Å². The Morgan fingerprint density at radius 1 is 1.28 bits per heavy atom. The van der Waals surface area contributed by atoms with Gasteiger partial charge in [0.2, 0.25) is 0 Å². The van der Waals surface area contributed by atoms with Crippen LogP contribution in [0.25, 0.3) is 0 Å². The molecule has 0 aromatic rings. The monoisotopic (exact) mass is 250 g/mol. The SMILES string of the molecule is CC(C)C1C2C=C[C@](C)(O)CC2CC1C(C)(C)C. The van der Waals surface area contributed by atoms with E-state index in [0.717, 1.165) is 24.2 Å². The zero-order chi connectivity index (χ0) is 13.7. The molecule has 0 spiro atoms. The lowest BCUT2D eigenvalue weighted by atomic mass is 9.68. The van der Waals surface area contributed by atoms with E-state index in [1.165, 1.54) is 6.42 Å². The molecule has 0 aliphatic heterocycles. The first kappa shape index (κ1) is 14.1. The molecular weight excluding hydrogens is 220 g/mol. The number of hydrogen-bond donors (Lipinski definition) is 1. The van der Waals surface area contributed by atoms with Gasteiger partial charge in [0.25, 0.3) is 0 Å². The van der Waals surface area contributed by atoms with Gasteiger partial charge in [-0.25, -0.2) is 0 Å². The molecule has 2 rings (SSSR count). The van der Waals surface area contributed by atoms with Crippen molar-refractivity contribution in [2.45, 2.75) is 60.0 Å². The fraction of sp³-hybridized carbons (Fsp3) is 0.882. The van der Waals surface area contributed by atoms with Crippen LogP contribution in [0.2, 0.25) is 0 Å². The van der Waals surface area contributed by atoms with E-state index in [4.69, 9.17) is 0 Å². The Bertz CT molecular complexity index is 332. The van der Waals surface area contributed by atoms with Crippen LogP contribution in [-0.2, 0) is 0 Å². The van der Waals surface area contributed by atoms with Crippen LogP contribution in [0.5, 0.6) is 0 Å². The van der Waals surface area contributed by atoms with E-state index in [1.54, 1.807) is 0 Å². The van der Waals surface area contributed by atoms with Gasteiger partial charge in [-0.2, -0.15) is 0 Å². The summed E-state index contributed by atoms with van der Waals surface area (Å²) >= 11 is 0. The molecule has 0 aromatic carbocycles. The smallest absolute Gasteiger partial charge is 0.0802 e. The number of hydrogen-bond acceptors (Lipinski definition) is 1. The van der Waals surface area contributed by atoms with Crippen LogP contribution in [-0.4, -0.2) is 10.7 Å². The molecule has 1 heteroatoms. The van der Waals surface area contributed by atoms with Crippen LogP contribution in [0.3, 0.4) is 0 Å². The van der Waals surface area contributed by atoms with E-state index in [9.17, 15) is 5.11 Å². The van der Waals surface area contributed by atoms with Crippen molar-refractivity contribution in [3.05, 3.63) is 12.2 Å². The lowest BCUT2D eigenvalue weighted by molar-refractivity contribution is 0.0633. The Balaban J connectivity index is 2.29. The lowest BCUT2D eigenvalue weighted by Crippen LogP contribution is -2.33. The van der Waals surface area contributed by atoms with Gasteiger partial charge >= 0.3 is 0 Å². The second-order valence-electron chi connectivity index (χ2n) is 8.29. The van der Waals surface area contributed by atoms with Gasteiger partial charge in [0.1, 0.15) is 0 Å². The predicted octanol–water partition coefficient (Wildman–Crippen LogP) is 4.27. The molecule has 1 N–H and O–H groups in total. The van der Waals surface area contributed by atoms with E-state index in [2.05, 4.69) is 46.8 Å². The second kappa shape index (κ2) is 4.37.